The average Bonchev–Trinajstić information content (AvgIpc) is 2.05. The first kappa shape index (κ1) is 11.2. The van der Waals surface area contributed by atoms with Gasteiger partial charge in [-0.3, -0.25) is 4.79 Å². The molecule has 0 radical (unpaired) electrons. The van der Waals surface area contributed by atoms with Crippen LogP contribution < -0.4 is 5.73 Å². The molecule has 1 rings (SSSR count). The van der Waals surface area contributed by atoms with Gasteiger partial charge in [-0.15, -0.1) is 0 Å². The van der Waals surface area contributed by atoms with Crippen LogP contribution in [0.4, 0.5) is 0 Å². The van der Waals surface area contributed by atoms with E-state index in [0.29, 0.717) is 22.5 Å². The Bertz CT molecular complexity index is 271. The van der Waals surface area contributed by atoms with Gasteiger partial charge in [0.05, 0.1) is 0 Å². The minimum Gasteiger partial charge on any atom is -1.00 e. The van der Waals surface area contributed by atoms with Gasteiger partial charge in [0.15, 0.2) is 0 Å². The quantitative estimate of drug-likeness (QED) is 0.531. The monoisotopic (exact) mass is 180 g/mol. The normalized spacial score (nSPS) is 8.75. The zero-order chi connectivity index (χ0) is 8.27. The van der Waals surface area contributed by atoms with E-state index in [9.17, 15) is 4.79 Å². The van der Waals surface area contributed by atoms with Crippen molar-refractivity contribution in [3.63, 3.8) is 0 Å². The zero-order valence-corrected chi connectivity index (χ0v) is 7.17. The van der Waals surface area contributed by atoms with Gasteiger partial charge in [-0.1, -0.05) is 0 Å². The summed E-state index contributed by atoms with van der Waals surface area (Å²) in [6.07, 6.45) is 0. The molecule has 1 amide bonds. The SMILES string of the molecule is NC(=O)c1ccc(SO)cc1.[Be+2].[H-].[H-]. The third kappa shape index (κ3) is 2.66. The summed E-state index contributed by atoms with van der Waals surface area (Å²) in [7, 11) is 0. The molecule has 0 unspecified atom stereocenters. The molecular weight excluding hydrogens is 171 g/mol. The van der Waals surface area contributed by atoms with Crippen LogP contribution in [-0.2, 0) is 0 Å². The maximum absolute atomic E-state index is 10.6. The number of nitrogens with two attached hydrogens (primary N) is 1. The summed E-state index contributed by atoms with van der Waals surface area (Å²) in [5.74, 6) is -0.459. The summed E-state index contributed by atoms with van der Waals surface area (Å²) in [6.45, 7) is 0. The number of benzene rings is 1. The smallest absolute Gasteiger partial charge is 1.00 e. The molecule has 0 atom stereocenters. The third-order valence-electron chi connectivity index (χ3n) is 1.24. The van der Waals surface area contributed by atoms with Gasteiger partial charge < -0.3 is 13.1 Å². The summed E-state index contributed by atoms with van der Waals surface area (Å²) in [5.41, 5.74) is 5.44. The number of hydrogen-bond donors (Lipinski definition) is 2. The second-order valence-electron chi connectivity index (χ2n) is 1.98. The molecule has 0 aliphatic carbocycles. The van der Waals surface area contributed by atoms with Crippen molar-refractivity contribution in [1.82, 2.24) is 0 Å². The molecule has 1 aromatic carbocycles. The van der Waals surface area contributed by atoms with E-state index in [4.69, 9.17) is 10.3 Å². The molecule has 0 aliphatic rings. The van der Waals surface area contributed by atoms with Gasteiger partial charge in [0.1, 0.15) is 0 Å². The van der Waals surface area contributed by atoms with Crippen molar-refractivity contribution in [2.24, 2.45) is 5.73 Å². The fourth-order valence-electron chi connectivity index (χ4n) is 0.680. The maximum atomic E-state index is 10.6. The number of rotatable bonds is 2. The first-order chi connectivity index (χ1) is 5.24. The third-order valence-corrected chi connectivity index (χ3v) is 1.73. The van der Waals surface area contributed by atoms with Crippen LogP contribution in [0.25, 0.3) is 0 Å². The predicted octanol–water partition coefficient (Wildman–Crippen LogP) is 1.19. The Kier molecular flexibility index (Phi) is 4.59. The fraction of sp³-hybridized carbons (Fsp3) is 0. The molecular formula is C7H9BeNO2S. The molecule has 62 valence electrons. The second-order valence-corrected chi connectivity index (χ2v) is 2.63. The van der Waals surface area contributed by atoms with Crippen molar-refractivity contribution in [3.05, 3.63) is 29.8 Å². The Balaban J connectivity index is -0.000000403. The Labute approximate surface area is 81.4 Å². The van der Waals surface area contributed by atoms with E-state index in [1.165, 1.54) is 0 Å². The van der Waals surface area contributed by atoms with Crippen LogP contribution in [0.2, 0.25) is 0 Å². The van der Waals surface area contributed by atoms with Gasteiger partial charge >= 0.3 is 10.1 Å². The van der Waals surface area contributed by atoms with Gasteiger partial charge in [0.2, 0.25) is 5.91 Å². The molecule has 3 nitrogen and oxygen atoms in total. The summed E-state index contributed by atoms with van der Waals surface area (Å²) < 4.78 is 8.57. The van der Waals surface area contributed by atoms with E-state index in [1.54, 1.807) is 24.3 Å². The van der Waals surface area contributed by atoms with E-state index >= 15 is 0 Å². The minimum absolute atomic E-state index is 0. The molecule has 0 bridgehead atoms. The van der Waals surface area contributed by atoms with E-state index in [2.05, 4.69) is 0 Å². The van der Waals surface area contributed by atoms with E-state index in [-0.39, 0.29) is 13.0 Å². The van der Waals surface area contributed by atoms with Gasteiger partial charge in [-0.25, -0.2) is 0 Å². The number of amides is 1. The molecule has 0 heterocycles. The number of primary amides is 1. The van der Waals surface area contributed by atoms with Crippen molar-refractivity contribution in [1.29, 1.82) is 0 Å². The van der Waals surface area contributed by atoms with Crippen molar-refractivity contribution in [3.8, 4) is 0 Å². The number of carbonyl (C=O) groups is 1. The summed E-state index contributed by atoms with van der Waals surface area (Å²) in [5, 5.41) is 0. The van der Waals surface area contributed by atoms with Crippen molar-refractivity contribution in [2.75, 3.05) is 0 Å². The van der Waals surface area contributed by atoms with Crippen LogP contribution >= 0.6 is 12.0 Å². The van der Waals surface area contributed by atoms with Crippen molar-refractivity contribution in [2.45, 2.75) is 4.90 Å². The summed E-state index contributed by atoms with van der Waals surface area (Å²) >= 11 is 0.637. The Morgan fingerprint density at radius 1 is 1.42 bits per heavy atom. The predicted molar refractivity (Wildman–Crippen MR) is 51.4 cm³/mol. The first-order valence-corrected chi connectivity index (χ1v) is 3.72. The average molecular weight is 180 g/mol. The number of hydrogen-bond acceptors (Lipinski definition) is 3. The molecule has 0 aromatic heterocycles. The zero-order valence-electron chi connectivity index (χ0n) is 8.36. The molecule has 5 heteroatoms. The molecule has 0 spiro atoms. The Morgan fingerprint density at radius 2 is 1.92 bits per heavy atom. The van der Waals surface area contributed by atoms with Crippen molar-refractivity contribution < 1.29 is 12.2 Å². The largest absolute Gasteiger partial charge is 2.00 e. The van der Waals surface area contributed by atoms with E-state index in [1.807, 2.05) is 0 Å². The number of carbonyl (C=O) groups excluding carboxylic acids is 1. The van der Waals surface area contributed by atoms with Crippen LogP contribution in [0.15, 0.2) is 29.2 Å². The minimum atomic E-state index is -0.459. The summed E-state index contributed by atoms with van der Waals surface area (Å²) in [6, 6.07) is 6.40. The van der Waals surface area contributed by atoms with Crippen LogP contribution in [0, 0.1) is 0 Å². The van der Waals surface area contributed by atoms with Crippen LogP contribution in [0.5, 0.6) is 0 Å². The first-order valence-electron chi connectivity index (χ1n) is 2.95. The van der Waals surface area contributed by atoms with E-state index in [0.717, 1.165) is 0 Å². The Morgan fingerprint density at radius 3 is 2.25 bits per heavy atom. The standard InChI is InChI=1S/C7H7NO2S.Be.2H/c8-7(9)5-1-3-6(11-10)4-2-5;;;/h1-4,10H,(H2,8,9);;;/q;+2;2*-1. The molecule has 12 heavy (non-hydrogen) atoms. The van der Waals surface area contributed by atoms with E-state index < -0.39 is 5.91 Å². The molecule has 3 N–H and O–H groups in total. The molecule has 0 saturated heterocycles. The molecule has 0 fully saturated rings. The van der Waals surface area contributed by atoms with Gasteiger partial charge in [0.25, 0.3) is 0 Å². The van der Waals surface area contributed by atoms with Gasteiger partial charge in [-0.2, -0.15) is 0 Å². The van der Waals surface area contributed by atoms with Crippen LogP contribution in [0.1, 0.15) is 13.2 Å². The molecule has 1 aromatic rings. The van der Waals surface area contributed by atoms with Gasteiger partial charge in [-0.05, 0) is 24.3 Å². The maximum Gasteiger partial charge on any atom is 2.00 e. The van der Waals surface area contributed by atoms with Crippen molar-refractivity contribution >= 4 is 28.1 Å². The van der Waals surface area contributed by atoms with Gasteiger partial charge in [0, 0.05) is 22.5 Å². The van der Waals surface area contributed by atoms with Crippen LogP contribution in [0.3, 0.4) is 0 Å². The van der Waals surface area contributed by atoms with Crippen LogP contribution in [-0.4, -0.2) is 20.6 Å². The molecule has 0 aliphatic heterocycles. The topological polar surface area (TPSA) is 63.3 Å². The fourth-order valence-corrected chi connectivity index (χ4v) is 0.938. The second kappa shape index (κ2) is 4.93. The molecule has 0 saturated carbocycles. The Hall–Kier alpha value is -0.831. The summed E-state index contributed by atoms with van der Waals surface area (Å²) in [4.78, 5) is 11.2.